The van der Waals surface area contributed by atoms with Crippen LogP contribution in [0, 0.1) is 17.4 Å². The van der Waals surface area contributed by atoms with Crippen molar-refractivity contribution in [2.24, 2.45) is 0 Å². The maximum atomic E-state index is 4.62. The van der Waals surface area contributed by atoms with Crippen LogP contribution >= 0.6 is 38.5 Å². The minimum Gasteiger partial charge on any atom is -0.369 e. The lowest BCUT2D eigenvalue weighted by atomic mass is 10.1. The molecule has 0 radical (unpaired) electrons. The zero-order chi connectivity index (χ0) is 14.0. The number of nitrogens with one attached hydrogen (secondary N) is 1. The molecule has 0 bridgehead atoms. The third-order valence-corrected chi connectivity index (χ3v) is 4.67. The molecule has 3 nitrogen and oxygen atoms in total. The zero-order valence-electron chi connectivity index (χ0n) is 11.1. The Bertz CT molecular complexity index is 614. The summed E-state index contributed by atoms with van der Waals surface area (Å²) >= 11 is 5.87. The largest absolute Gasteiger partial charge is 0.369 e. The van der Waals surface area contributed by atoms with Crippen molar-refractivity contribution in [1.82, 2.24) is 9.97 Å². The van der Waals surface area contributed by atoms with E-state index >= 15 is 0 Å². The van der Waals surface area contributed by atoms with Gasteiger partial charge in [0.2, 0.25) is 0 Å². The second kappa shape index (κ2) is 6.17. The van der Waals surface area contributed by atoms with E-state index in [-0.39, 0.29) is 0 Å². The Labute approximate surface area is 135 Å². The molecular weight excluding hydrogens is 417 g/mol. The summed E-state index contributed by atoms with van der Waals surface area (Å²) < 4.78 is 2.10. The molecule has 5 heteroatoms. The monoisotopic (exact) mass is 431 g/mol. The van der Waals surface area contributed by atoms with E-state index in [4.69, 9.17) is 0 Å². The van der Waals surface area contributed by atoms with E-state index in [1.807, 2.05) is 6.92 Å². The van der Waals surface area contributed by atoms with Gasteiger partial charge in [-0.15, -0.1) is 0 Å². The highest BCUT2D eigenvalue weighted by Gasteiger charge is 2.12. The van der Waals surface area contributed by atoms with Crippen molar-refractivity contribution in [3.63, 3.8) is 0 Å². The number of hydrogen-bond acceptors (Lipinski definition) is 3. The van der Waals surface area contributed by atoms with Crippen molar-refractivity contribution in [2.75, 3.05) is 11.9 Å². The fourth-order valence-corrected chi connectivity index (χ4v) is 2.87. The van der Waals surface area contributed by atoms with Crippen molar-refractivity contribution in [2.45, 2.75) is 20.8 Å². The summed E-state index contributed by atoms with van der Waals surface area (Å²) in [5.41, 5.74) is 3.23. The van der Waals surface area contributed by atoms with Gasteiger partial charge >= 0.3 is 0 Å². The SMILES string of the molecule is CCNc1nc(-c2ccc(C)cc2Br)nc(C)c1I. The predicted molar refractivity (Wildman–Crippen MR) is 91.5 cm³/mol. The van der Waals surface area contributed by atoms with E-state index in [1.165, 1.54) is 5.56 Å². The quantitative estimate of drug-likeness (QED) is 0.724. The number of aromatic nitrogens is 2. The molecule has 0 unspecified atom stereocenters. The smallest absolute Gasteiger partial charge is 0.162 e. The number of aryl methyl sites for hydroxylation is 2. The molecule has 2 aromatic rings. The predicted octanol–water partition coefficient (Wildman–Crippen LogP) is 4.56. The van der Waals surface area contributed by atoms with Gasteiger partial charge in [-0.1, -0.05) is 22.0 Å². The van der Waals surface area contributed by atoms with Gasteiger partial charge in [0, 0.05) is 16.6 Å². The van der Waals surface area contributed by atoms with Gasteiger partial charge in [0.05, 0.1) is 9.26 Å². The van der Waals surface area contributed by atoms with E-state index in [1.54, 1.807) is 0 Å². The van der Waals surface area contributed by atoms with E-state index in [9.17, 15) is 0 Å². The van der Waals surface area contributed by atoms with Gasteiger partial charge in [0.15, 0.2) is 5.82 Å². The first kappa shape index (κ1) is 14.7. The fourth-order valence-electron chi connectivity index (χ4n) is 1.77. The first-order chi connectivity index (χ1) is 9.02. The number of benzene rings is 1. The second-order valence-electron chi connectivity index (χ2n) is 4.31. The molecule has 1 heterocycles. The molecule has 2 rings (SSSR count). The summed E-state index contributed by atoms with van der Waals surface area (Å²) in [5.74, 6) is 1.65. The van der Waals surface area contributed by atoms with E-state index in [0.29, 0.717) is 0 Å². The highest BCUT2D eigenvalue weighted by atomic mass is 127. The van der Waals surface area contributed by atoms with Crippen molar-refractivity contribution < 1.29 is 0 Å². The van der Waals surface area contributed by atoms with Gasteiger partial charge < -0.3 is 5.32 Å². The summed E-state index contributed by atoms with van der Waals surface area (Å²) in [6, 6.07) is 6.21. The van der Waals surface area contributed by atoms with E-state index in [2.05, 4.69) is 85.9 Å². The van der Waals surface area contributed by atoms with Crippen LogP contribution in [0.4, 0.5) is 5.82 Å². The summed E-state index contributed by atoms with van der Waals surface area (Å²) in [5, 5.41) is 3.28. The normalized spacial score (nSPS) is 10.6. The molecule has 1 aromatic carbocycles. The average Bonchev–Trinajstić information content (AvgIpc) is 2.35. The van der Waals surface area contributed by atoms with Crippen molar-refractivity contribution in [1.29, 1.82) is 0 Å². The summed E-state index contributed by atoms with van der Waals surface area (Å²) in [6.07, 6.45) is 0. The molecule has 19 heavy (non-hydrogen) atoms. The topological polar surface area (TPSA) is 37.8 Å². The molecule has 0 amide bonds. The van der Waals surface area contributed by atoms with Gasteiger partial charge in [0.25, 0.3) is 0 Å². The van der Waals surface area contributed by atoms with Crippen molar-refractivity contribution in [3.8, 4) is 11.4 Å². The van der Waals surface area contributed by atoms with Crippen LogP contribution in [0.2, 0.25) is 0 Å². The first-order valence-corrected chi connectivity index (χ1v) is 7.94. The van der Waals surface area contributed by atoms with Crippen LogP contribution in [-0.4, -0.2) is 16.5 Å². The van der Waals surface area contributed by atoms with Crippen molar-refractivity contribution >= 4 is 44.3 Å². The zero-order valence-corrected chi connectivity index (χ0v) is 14.8. The molecule has 0 fully saturated rings. The molecule has 0 atom stereocenters. The third-order valence-electron chi connectivity index (χ3n) is 2.73. The molecule has 0 saturated heterocycles. The van der Waals surface area contributed by atoms with Gasteiger partial charge in [0.1, 0.15) is 5.82 Å². The lowest BCUT2D eigenvalue weighted by Gasteiger charge is -2.11. The first-order valence-electron chi connectivity index (χ1n) is 6.07. The van der Waals surface area contributed by atoms with Crippen LogP contribution in [-0.2, 0) is 0 Å². The molecule has 0 aliphatic carbocycles. The fraction of sp³-hybridized carbons (Fsp3) is 0.286. The number of rotatable bonds is 3. The third kappa shape index (κ3) is 3.25. The maximum Gasteiger partial charge on any atom is 0.162 e. The summed E-state index contributed by atoms with van der Waals surface area (Å²) in [6.45, 7) is 6.99. The van der Waals surface area contributed by atoms with Crippen LogP contribution < -0.4 is 5.32 Å². The van der Waals surface area contributed by atoms with Crippen LogP contribution in [0.25, 0.3) is 11.4 Å². The Morgan fingerprint density at radius 2 is 2.00 bits per heavy atom. The molecule has 0 spiro atoms. The van der Waals surface area contributed by atoms with Gasteiger partial charge in [-0.05, 0) is 61.1 Å². The van der Waals surface area contributed by atoms with Gasteiger partial charge in [-0.2, -0.15) is 0 Å². The molecular formula is C14H15BrIN3. The average molecular weight is 432 g/mol. The number of halogens is 2. The molecule has 1 aromatic heterocycles. The number of hydrogen-bond donors (Lipinski definition) is 1. The van der Waals surface area contributed by atoms with Crippen LogP contribution in [0.15, 0.2) is 22.7 Å². The molecule has 0 aliphatic rings. The van der Waals surface area contributed by atoms with Crippen molar-refractivity contribution in [3.05, 3.63) is 37.5 Å². The lowest BCUT2D eigenvalue weighted by molar-refractivity contribution is 1.06. The molecule has 0 saturated carbocycles. The minimum absolute atomic E-state index is 0.751. The van der Waals surface area contributed by atoms with E-state index < -0.39 is 0 Å². The van der Waals surface area contributed by atoms with Gasteiger partial charge in [-0.3, -0.25) is 0 Å². The van der Waals surface area contributed by atoms with Crippen LogP contribution in [0.5, 0.6) is 0 Å². The Balaban J connectivity index is 2.56. The molecule has 1 N–H and O–H groups in total. The highest BCUT2D eigenvalue weighted by Crippen LogP contribution is 2.29. The standard InChI is InChI=1S/C14H15BrIN3/c1-4-17-14-12(16)9(3)18-13(19-14)10-6-5-8(2)7-11(10)15/h5-7H,4H2,1-3H3,(H,17,18,19). The highest BCUT2D eigenvalue weighted by molar-refractivity contribution is 14.1. The van der Waals surface area contributed by atoms with Gasteiger partial charge in [-0.25, -0.2) is 9.97 Å². The Kier molecular flexibility index (Phi) is 4.78. The number of anilines is 1. The molecule has 100 valence electrons. The van der Waals surface area contributed by atoms with Crippen LogP contribution in [0.1, 0.15) is 18.2 Å². The minimum atomic E-state index is 0.751. The Morgan fingerprint density at radius 1 is 1.26 bits per heavy atom. The second-order valence-corrected chi connectivity index (χ2v) is 6.24. The Morgan fingerprint density at radius 3 is 2.63 bits per heavy atom. The Hall–Kier alpha value is -0.690. The number of nitrogens with zero attached hydrogens (tertiary/aromatic N) is 2. The lowest BCUT2D eigenvalue weighted by Crippen LogP contribution is -2.06. The summed E-state index contributed by atoms with van der Waals surface area (Å²) in [4.78, 5) is 9.21. The molecule has 0 aliphatic heterocycles. The summed E-state index contributed by atoms with van der Waals surface area (Å²) in [7, 11) is 0. The maximum absolute atomic E-state index is 4.62. The van der Waals surface area contributed by atoms with Crippen LogP contribution in [0.3, 0.4) is 0 Å². The van der Waals surface area contributed by atoms with E-state index in [0.717, 1.165) is 37.5 Å².